The highest BCUT2D eigenvalue weighted by atomic mass is 31.2. The van der Waals surface area contributed by atoms with Crippen LogP contribution in [0.25, 0.3) is 0 Å². The zero-order chi connectivity index (χ0) is 13.3. The Balaban J connectivity index is 1.87. The summed E-state index contributed by atoms with van der Waals surface area (Å²) in [4.78, 5) is 0. The van der Waals surface area contributed by atoms with Crippen molar-refractivity contribution >= 4 is 7.82 Å². The summed E-state index contributed by atoms with van der Waals surface area (Å²) in [7, 11) is -3.59. The van der Waals surface area contributed by atoms with E-state index in [4.69, 9.17) is 13.6 Å². The summed E-state index contributed by atoms with van der Waals surface area (Å²) < 4.78 is 28.5. The Morgan fingerprint density at radius 2 is 1.84 bits per heavy atom. The molecular formula is C14H13O4P. The van der Waals surface area contributed by atoms with Crippen LogP contribution in [0.3, 0.4) is 0 Å². The molecule has 0 radical (unpaired) electrons. The van der Waals surface area contributed by atoms with Gasteiger partial charge in [-0.05, 0) is 24.6 Å². The van der Waals surface area contributed by atoms with Crippen molar-refractivity contribution < 1.29 is 18.1 Å². The quantitative estimate of drug-likeness (QED) is 0.775. The van der Waals surface area contributed by atoms with E-state index in [1.807, 2.05) is 43.3 Å². The van der Waals surface area contributed by atoms with Gasteiger partial charge in [0.2, 0.25) is 0 Å². The molecule has 98 valence electrons. The molecule has 3 rings (SSSR count). The standard InChI is InChI=1S/C14H13O4P/c1-11-6-2-4-8-13(11)17-19(15)16-10-12-7-3-5-9-14(12)18-19/h2-9H,10H2,1H3. The van der Waals surface area contributed by atoms with Crippen LogP contribution in [0.1, 0.15) is 11.1 Å². The SMILES string of the molecule is Cc1ccccc1OP1(=O)OCc2ccccc2O1. The Morgan fingerprint density at radius 3 is 2.68 bits per heavy atom. The smallest absolute Gasteiger partial charge is 0.395 e. The first-order chi connectivity index (χ1) is 9.16. The Bertz CT molecular complexity index is 653. The van der Waals surface area contributed by atoms with Crippen molar-refractivity contribution in [3.8, 4) is 11.5 Å². The van der Waals surface area contributed by atoms with Crippen LogP contribution >= 0.6 is 7.82 Å². The molecule has 0 fully saturated rings. The van der Waals surface area contributed by atoms with Crippen LogP contribution in [0, 0.1) is 6.92 Å². The van der Waals surface area contributed by atoms with E-state index < -0.39 is 7.82 Å². The molecule has 1 aliphatic rings. The topological polar surface area (TPSA) is 44.8 Å². The van der Waals surface area contributed by atoms with Crippen molar-refractivity contribution in [2.45, 2.75) is 13.5 Å². The Morgan fingerprint density at radius 1 is 1.11 bits per heavy atom. The van der Waals surface area contributed by atoms with Gasteiger partial charge in [-0.2, -0.15) is 0 Å². The number of aryl methyl sites for hydroxylation is 1. The number of rotatable bonds is 2. The lowest BCUT2D eigenvalue weighted by Gasteiger charge is -2.25. The highest BCUT2D eigenvalue weighted by molar-refractivity contribution is 7.49. The van der Waals surface area contributed by atoms with Gasteiger partial charge in [-0.3, -0.25) is 4.52 Å². The van der Waals surface area contributed by atoms with Gasteiger partial charge >= 0.3 is 7.82 Å². The molecule has 1 unspecified atom stereocenters. The molecule has 2 aromatic carbocycles. The Kier molecular flexibility index (Phi) is 3.05. The first-order valence-electron chi connectivity index (χ1n) is 5.94. The molecule has 0 saturated heterocycles. The molecule has 0 saturated carbocycles. The van der Waals surface area contributed by atoms with Crippen molar-refractivity contribution in [3.63, 3.8) is 0 Å². The van der Waals surface area contributed by atoms with Gasteiger partial charge in [0, 0.05) is 5.56 Å². The van der Waals surface area contributed by atoms with E-state index in [1.54, 1.807) is 12.1 Å². The first-order valence-corrected chi connectivity index (χ1v) is 7.40. The maximum Gasteiger partial charge on any atom is 0.587 e. The van der Waals surface area contributed by atoms with Gasteiger partial charge in [0.05, 0.1) is 6.61 Å². The molecule has 4 nitrogen and oxygen atoms in total. The first kappa shape index (κ1) is 12.3. The predicted molar refractivity (Wildman–Crippen MR) is 71.3 cm³/mol. The molecule has 19 heavy (non-hydrogen) atoms. The number of hydrogen-bond donors (Lipinski definition) is 0. The molecule has 1 heterocycles. The largest absolute Gasteiger partial charge is 0.587 e. The van der Waals surface area contributed by atoms with Gasteiger partial charge in [0.25, 0.3) is 0 Å². The maximum absolute atomic E-state index is 12.5. The molecule has 0 bridgehead atoms. The molecule has 0 spiro atoms. The maximum atomic E-state index is 12.5. The average Bonchev–Trinajstić information content (AvgIpc) is 2.41. The lowest BCUT2D eigenvalue weighted by molar-refractivity contribution is 0.181. The van der Waals surface area contributed by atoms with E-state index in [9.17, 15) is 4.57 Å². The lowest BCUT2D eigenvalue weighted by atomic mass is 10.2. The summed E-state index contributed by atoms with van der Waals surface area (Å²) in [6, 6.07) is 14.6. The summed E-state index contributed by atoms with van der Waals surface area (Å²) in [6.07, 6.45) is 0. The number of para-hydroxylation sites is 2. The van der Waals surface area contributed by atoms with Crippen molar-refractivity contribution in [1.82, 2.24) is 0 Å². The highest BCUT2D eigenvalue weighted by Gasteiger charge is 2.35. The van der Waals surface area contributed by atoms with E-state index in [2.05, 4.69) is 0 Å². The summed E-state index contributed by atoms with van der Waals surface area (Å²) in [5, 5.41) is 0. The van der Waals surface area contributed by atoms with E-state index in [-0.39, 0.29) is 6.61 Å². The van der Waals surface area contributed by atoms with Crippen LogP contribution in [0.5, 0.6) is 11.5 Å². The van der Waals surface area contributed by atoms with Crippen molar-refractivity contribution in [2.24, 2.45) is 0 Å². The minimum absolute atomic E-state index is 0.222. The van der Waals surface area contributed by atoms with Crippen molar-refractivity contribution in [3.05, 3.63) is 59.7 Å². The number of fused-ring (bicyclic) bond motifs is 1. The molecule has 0 aliphatic carbocycles. The number of phosphoric ester groups is 1. The molecule has 1 atom stereocenters. The Hall–Kier alpha value is -1.77. The summed E-state index contributed by atoms with van der Waals surface area (Å²) >= 11 is 0. The third-order valence-electron chi connectivity index (χ3n) is 2.86. The van der Waals surface area contributed by atoms with E-state index in [1.165, 1.54) is 0 Å². The fraction of sp³-hybridized carbons (Fsp3) is 0.143. The Labute approximate surface area is 111 Å². The van der Waals surface area contributed by atoms with Crippen LogP contribution in [0.2, 0.25) is 0 Å². The van der Waals surface area contributed by atoms with Gasteiger partial charge in [0.1, 0.15) is 11.5 Å². The number of hydrogen-bond acceptors (Lipinski definition) is 4. The molecular weight excluding hydrogens is 263 g/mol. The van der Waals surface area contributed by atoms with Gasteiger partial charge in [-0.1, -0.05) is 36.4 Å². The van der Waals surface area contributed by atoms with E-state index >= 15 is 0 Å². The average molecular weight is 276 g/mol. The molecule has 0 amide bonds. The third-order valence-corrected chi connectivity index (χ3v) is 4.15. The van der Waals surface area contributed by atoms with Gasteiger partial charge in [0.15, 0.2) is 0 Å². The van der Waals surface area contributed by atoms with E-state index in [0.29, 0.717) is 11.5 Å². The van der Waals surface area contributed by atoms with Crippen LogP contribution in [0.4, 0.5) is 0 Å². The zero-order valence-corrected chi connectivity index (χ0v) is 11.3. The van der Waals surface area contributed by atoms with Crippen molar-refractivity contribution in [2.75, 3.05) is 0 Å². The minimum atomic E-state index is -3.59. The van der Waals surface area contributed by atoms with E-state index in [0.717, 1.165) is 11.1 Å². The highest BCUT2D eigenvalue weighted by Crippen LogP contribution is 2.54. The lowest BCUT2D eigenvalue weighted by Crippen LogP contribution is -2.11. The van der Waals surface area contributed by atoms with Crippen LogP contribution in [-0.4, -0.2) is 0 Å². The summed E-state index contributed by atoms with van der Waals surface area (Å²) in [6.45, 7) is 2.10. The molecule has 2 aromatic rings. The fourth-order valence-electron chi connectivity index (χ4n) is 1.83. The third kappa shape index (κ3) is 2.50. The summed E-state index contributed by atoms with van der Waals surface area (Å²) in [5.74, 6) is 1.05. The monoisotopic (exact) mass is 276 g/mol. The second-order valence-electron chi connectivity index (χ2n) is 4.28. The van der Waals surface area contributed by atoms with Crippen molar-refractivity contribution in [1.29, 1.82) is 0 Å². The second kappa shape index (κ2) is 4.72. The van der Waals surface area contributed by atoms with Gasteiger partial charge in [-0.15, -0.1) is 0 Å². The van der Waals surface area contributed by atoms with Crippen LogP contribution in [-0.2, 0) is 15.7 Å². The number of phosphoric acid groups is 1. The molecule has 5 heteroatoms. The zero-order valence-electron chi connectivity index (χ0n) is 10.4. The normalized spacial score (nSPS) is 21.3. The molecule has 0 N–H and O–H groups in total. The predicted octanol–water partition coefficient (Wildman–Crippen LogP) is 4.09. The fourth-order valence-corrected chi connectivity index (χ4v) is 3.14. The van der Waals surface area contributed by atoms with Crippen LogP contribution in [0.15, 0.2) is 48.5 Å². The van der Waals surface area contributed by atoms with Gasteiger partial charge in [-0.25, -0.2) is 4.57 Å². The molecule has 1 aliphatic heterocycles. The second-order valence-corrected chi connectivity index (χ2v) is 5.79. The number of benzene rings is 2. The minimum Gasteiger partial charge on any atom is -0.395 e. The molecule has 0 aromatic heterocycles. The van der Waals surface area contributed by atoms with Crippen LogP contribution < -0.4 is 9.05 Å². The summed E-state index contributed by atoms with van der Waals surface area (Å²) in [5.41, 5.74) is 1.74. The van der Waals surface area contributed by atoms with Gasteiger partial charge < -0.3 is 9.05 Å².